The number of benzene rings is 1. The fourth-order valence-corrected chi connectivity index (χ4v) is 8.71. The normalized spacial score (nSPS) is 29.7. The van der Waals surface area contributed by atoms with E-state index < -0.39 is 10.0 Å². The highest BCUT2D eigenvalue weighted by Crippen LogP contribution is 2.42. The largest absolute Gasteiger partial charge is 0.378 e. The summed E-state index contributed by atoms with van der Waals surface area (Å²) in [6.07, 6.45) is 7.86. The maximum atomic E-state index is 13.7. The summed E-state index contributed by atoms with van der Waals surface area (Å²) in [5, 5.41) is 1.92. The SMILES string of the molecule is CC1C(C(=O)N2CCCCCC2)C2CC(C3CCN(S(=O)(=O)c4ccc(N(C)C)cc4)CC3)CCN2[N+]1=O. The summed E-state index contributed by atoms with van der Waals surface area (Å²) in [5.74, 6) is 0.719. The number of hydrogen-bond acceptors (Lipinski definition) is 5. The maximum Gasteiger partial charge on any atom is 0.245 e. The number of amides is 1. The minimum atomic E-state index is -3.51. The number of nitroso groups, excluding NO2 is 1. The van der Waals surface area contributed by atoms with Crippen LogP contribution in [0.3, 0.4) is 0 Å². The third-order valence-corrected chi connectivity index (χ3v) is 11.5. The van der Waals surface area contributed by atoms with Crippen molar-refractivity contribution in [2.45, 2.75) is 75.3 Å². The van der Waals surface area contributed by atoms with Gasteiger partial charge in [-0.2, -0.15) is 4.31 Å². The van der Waals surface area contributed by atoms with Crippen molar-refractivity contribution < 1.29 is 18.1 Å². The average Bonchev–Trinajstić information content (AvgIpc) is 3.09. The van der Waals surface area contributed by atoms with Crippen molar-refractivity contribution in [3.05, 3.63) is 29.2 Å². The molecule has 1 aromatic rings. The first-order valence-corrected chi connectivity index (χ1v) is 15.9. The number of hydrogen-bond donors (Lipinski definition) is 0. The summed E-state index contributed by atoms with van der Waals surface area (Å²) in [4.78, 5) is 32.1. The molecule has 0 bridgehead atoms. The van der Waals surface area contributed by atoms with Gasteiger partial charge < -0.3 is 9.80 Å². The Morgan fingerprint density at radius 2 is 1.50 bits per heavy atom. The van der Waals surface area contributed by atoms with Gasteiger partial charge in [-0.1, -0.05) is 12.8 Å². The summed E-state index contributed by atoms with van der Waals surface area (Å²) >= 11 is 0. The molecule has 4 fully saturated rings. The molecule has 1 amide bonds. The van der Waals surface area contributed by atoms with Gasteiger partial charge in [0.25, 0.3) is 0 Å². The molecule has 4 atom stereocenters. The zero-order chi connectivity index (χ0) is 27.0. The number of sulfonamides is 1. The lowest BCUT2D eigenvalue weighted by atomic mass is 9.74. The van der Waals surface area contributed by atoms with Crippen LogP contribution in [0.5, 0.6) is 0 Å². The van der Waals surface area contributed by atoms with E-state index in [2.05, 4.69) is 0 Å². The molecule has 4 unspecified atom stereocenters. The molecule has 4 saturated heterocycles. The monoisotopic (exact) mass is 546 g/mol. The number of nitrogens with zero attached hydrogens (tertiary/aromatic N) is 5. The van der Waals surface area contributed by atoms with Crippen molar-refractivity contribution in [3.63, 3.8) is 0 Å². The van der Waals surface area contributed by atoms with E-state index in [-0.39, 0.29) is 23.9 Å². The third kappa shape index (κ3) is 5.18. The number of fused-ring (bicyclic) bond motifs is 1. The Kier molecular flexibility index (Phi) is 8.01. The molecule has 4 aliphatic heterocycles. The van der Waals surface area contributed by atoms with Gasteiger partial charge in [-0.15, -0.1) is 5.01 Å². The van der Waals surface area contributed by atoms with Crippen LogP contribution >= 0.6 is 0 Å². The predicted molar refractivity (Wildman–Crippen MR) is 147 cm³/mol. The van der Waals surface area contributed by atoms with Crippen LogP contribution in [0.25, 0.3) is 0 Å². The molecule has 10 heteroatoms. The number of piperidine rings is 2. The second-order valence-electron chi connectivity index (χ2n) is 12.0. The lowest BCUT2D eigenvalue weighted by Crippen LogP contribution is -2.49. The Bertz CT molecular complexity index is 1110. The van der Waals surface area contributed by atoms with Gasteiger partial charge in [0, 0.05) is 52.9 Å². The predicted octanol–water partition coefficient (Wildman–Crippen LogP) is 3.35. The fourth-order valence-electron chi connectivity index (χ4n) is 7.24. The average molecular weight is 547 g/mol. The van der Waals surface area contributed by atoms with E-state index in [0.29, 0.717) is 36.4 Å². The molecule has 0 saturated carbocycles. The van der Waals surface area contributed by atoms with E-state index in [9.17, 15) is 18.1 Å². The Morgan fingerprint density at radius 1 is 0.895 bits per heavy atom. The van der Waals surface area contributed by atoms with Crippen LogP contribution in [0.4, 0.5) is 5.69 Å². The first-order chi connectivity index (χ1) is 18.2. The van der Waals surface area contributed by atoms with Crippen molar-refractivity contribution in [3.8, 4) is 0 Å². The van der Waals surface area contributed by atoms with E-state index in [1.807, 2.05) is 48.0 Å². The van der Waals surface area contributed by atoms with Gasteiger partial charge in [-0.25, -0.2) is 8.42 Å². The first kappa shape index (κ1) is 27.4. The number of likely N-dealkylation sites (tertiary alicyclic amines) is 1. The summed E-state index contributed by atoms with van der Waals surface area (Å²) in [7, 11) is 0.360. The smallest absolute Gasteiger partial charge is 0.245 e. The van der Waals surface area contributed by atoms with Gasteiger partial charge in [0.2, 0.25) is 22.0 Å². The molecule has 1 aromatic carbocycles. The van der Waals surface area contributed by atoms with Gasteiger partial charge in [-0.05, 0) is 74.6 Å². The van der Waals surface area contributed by atoms with Crippen LogP contribution < -0.4 is 4.90 Å². The topological polar surface area (TPSA) is 84.2 Å². The number of carbonyl (C=O) groups is 1. The van der Waals surface area contributed by atoms with E-state index in [1.54, 1.807) is 16.4 Å². The van der Waals surface area contributed by atoms with Crippen LogP contribution in [0, 0.1) is 22.7 Å². The van der Waals surface area contributed by atoms with E-state index in [0.717, 1.165) is 62.2 Å². The molecular weight excluding hydrogens is 502 g/mol. The van der Waals surface area contributed by atoms with Crippen molar-refractivity contribution in [2.75, 3.05) is 51.7 Å². The van der Waals surface area contributed by atoms with Crippen LogP contribution in [-0.4, -0.2) is 92.3 Å². The first-order valence-electron chi connectivity index (χ1n) is 14.5. The Morgan fingerprint density at radius 3 is 2.11 bits per heavy atom. The van der Waals surface area contributed by atoms with Crippen LogP contribution in [-0.2, 0) is 14.8 Å². The zero-order valence-electron chi connectivity index (χ0n) is 23.2. The lowest BCUT2D eigenvalue weighted by Gasteiger charge is -2.40. The van der Waals surface area contributed by atoms with Gasteiger partial charge >= 0.3 is 0 Å². The molecule has 4 heterocycles. The number of hydrazine groups is 1. The zero-order valence-corrected chi connectivity index (χ0v) is 24.0. The maximum absolute atomic E-state index is 13.7. The van der Waals surface area contributed by atoms with Gasteiger partial charge in [0.05, 0.1) is 16.3 Å². The number of rotatable bonds is 5. The molecule has 0 spiro atoms. The molecule has 0 aliphatic carbocycles. The highest BCUT2D eigenvalue weighted by Gasteiger charge is 2.59. The molecule has 0 N–H and O–H groups in total. The number of carbonyl (C=O) groups excluding carboxylic acids is 1. The number of anilines is 1. The lowest BCUT2D eigenvalue weighted by molar-refractivity contribution is -0.716. The van der Waals surface area contributed by atoms with Gasteiger partial charge in [-0.3, -0.25) is 4.79 Å². The third-order valence-electron chi connectivity index (χ3n) is 9.55. The van der Waals surface area contributed by atoms with Crippen molar-refractivity contribution >= 4 is 21.6 Å². The van der Waals surface area contributed by atoms with E-state index in [4.69, 9.17) is 0 Å². The molecule has 210 valence electrons. The second kappa shape index (κ2) is 11.1. The Balaban J connectivity index is 1.23. The standard InChI is InChI=1S/C28H44N5O4S/c1-21-27(28(34)30-15-6-4-5-7-16-30)26-20-23(14-19-32(26)33(21)35)22-12-17-31(18-13-22)38(36,37)25-10-8-24(9-11-25)29(2)3/h8-11,21-23,26-27H,4-7,12-20H2,1-3H3/q+1. The van der Waals surface area contributed by atoms with Crippen molar-refractivity contribution in [1.29, 1.82) is 0 Å². The minimum absolute atomic E-state index is 0.0472. The second-order valence-corrected chi connectivity index (χ2v) is 13.9. The Hall–Kier alpha value is -2.20. The fraction of sp³-hybridized carbons (Fsp3) is 0.750. The molecular formula is C28H44N5O4S+. The van der Waals surface area contributed by atoms with Gasteiger partial charge in [0.1, 0.15) is 16.8 Å². The highest BCUT2D eigenvalue weighted by molar-refractivity contribution is 7.89. The molecule has 0 aromatic heterocycles. The molecule has 4 aliphatic rings. The van der Waals surface area contributed by atoms with Gasteiger partial charge in [0.15, 0.2) is 0 Å². The molecule has 9 nitrogen and oxygen atoms in total. The van der Waals surface area contributed by atoms with E-state index >= 15 is 0 Å². The quantitative estimate of drug-likeness (QED) is 0.527. The van der Waals surface area contributed by atoms with Crippen molar-refractivity contribution in [2.24, 2.45) is 17.8 Å². The summed E-state index contributed by atoms with van der Waals surface area (Å²) < 4.78 is 28.2. The molecule has 5 rings (SSSR count). The van der Waals surface area contributed by atoms with E-state index in [1.165, 1.54) is 12.8 Å². The van der Waals surface area contributed by atoms with Crippen LogP contribution in [0.15, 0.2) is 29.2 Å². The summed E-state index contributed by atoms with van der Waals surface area (Å²) in [5.41, 5.74) is 0.972. The van der Waals surface area contributed by atoms with Crippen LogP contribution in [0.2, 0.25) is 0 Å². The Labute approximate surface area is 227 Å². The molecule has 0 radical (unpaired) electrons. The summed E-state index contributed by atoms with van der Waals surface area (Å²) in [6.45, 7) is 5.25. The molecule has 38 heavy (non-hydrogen) atoms. The van der Waals surface area contributed by atoms with Crippen LogP contribution in [0.1, 0.15) is 58.3 Å². The highest BCUT2D eigenvalue weighted by atomic mass is 32.2. The minimum Gasteiger partial charge on any atom is -0.378 e. The van der Waals surface area contributed by atoms with Crippen molar-refractivity contribution in [1.82, 2.24) is 14.2 Å². The summed E-state index contributed by atoms with van der Waals surface area (Å²) in [6, 6.07) is 6.71.